The summed E-state index contributed by atoms with van der Waals surface area (Å²) in [5.41, 5.74) is 12.2. The minimum Gasteiger partial charge on any atom is -0.369 e. The van der Waals surface area contributed by atoms with Crippen molar-refractivity contribution in [1.29, 1.82) is 5.41 Å². The van der Waals surface area contributed by atoms with E-state index in [-0.39, 0.29) is 5.96 Å². The first kappa shape index (κ1) is 14.5. The molecule has 0 aliphatic heterocycles. The summed E-state index contributed by atoms with van der Waals surface area (Å²) in [7, 11) is 0. The minimum absolute atomic E-state index is 0.0536. The molecule has 2 aliphatic carbocycles. The van der Waals surface area contributed by atoms with Crippen molar-refractivity contribution in [3.05, 3.63) is 71.3 Å². The third-order valence-corrected chi connectivity index (χ3v) is 5.54. The minimum atomic E-state index is 0.0536. The predicted molar refractivity (Wildman–Crippen MR) is 104 cm³/mol. The number of hydrogen-bond donors (Lipinski definition) is 2. The topological polar surface area (TPSA) is 53.1 Å². The molecule has 1 saturated carbocycles. The van der Waals surface area contributed by atoms with E-state index in [0.717, 1.165) is 30.1 Å². The van der Waals surface area contributed by atoms with Crippen molar-refractivity contribution < 1.29 is 0 Å². The zero-order chi connectivity index (χ0) is 17.0. The molecule has 2 aliphatic rings. The van der Waals surface area contributed by atoms with Crippen molar-refractivity contribution in [1.82, 2.24) is 0 Å². The Kier molecular flexibility index (Phi) is 3.11. The standard InChI is InChI=1S/C22H21N3/c23-22(24)25(18-11-8-15(9-12-18)14-4-5-14)20-13-10-17-7-6-16-2-1-3-19(20)21(16)17/h1-3,8-14H,4-7H2,(H3,23,24). The van der Waals surface area contributed by atoms with Gasteiger partial charge < -0.3 is 5.73 Å². The maximum Gasteiger partial charge on any atom is 0.197 e. The fourth-order valence-corrected chi connectivity index (χ4v) is 4.15. The molecule has 0 saturated heterocycles. The highest BCUT2D eigenvalue weighted by Crippen LogP contribution is 2.42. The number of benzene rings is 3. The summed E-state index contributed by atoms with van der Waals surface area (Å²) in [5.74, 6) is 0.787. The molecule has 0 radical (unpaired) electrons. The number of guanidine groups is 1. The van der Waals surface area contributed by atoms with Gasteiger partial charge in [0.2, 0.25) is 0 Å². The van der Waals surface area contributed by atoms with Crippen LogP contribution in [-0.4, -0.2) is 5.96 Å². The van der Waals surface area contributed by atoms with E-state index < -0.39 is 0 Å². The van der Waals surface area contributed by atoms with E-state index in [9.17, 15) is 0 Å². The molecule has 5 rings (SSSR count). The molecule has 0 aromatic heterocycles. The molecular formula is C22H21N3. The number of aryl methyl sites for hydroxylation is 2. The zero-order valence-corrected chi connectivity index (χ0v) is 14.1. The first-order valence-electron chi connectivity index (χ1n) is 9.00. The normalized spacial score (nSPS) is 15.5. The van der Waals surface area contributed by atoms with Crippen LogP contribution in [0.4, 0.5) is 11.4 Å². The SMILES string of the molecule is N=C(N)N(c1ccc(C2CC2)cc1)c1ccc2c3c(cccc13)CC2. The monoisotopic (exact) mass is 327 g/mol. The Balaban J connectivity index is 1.66. The van der Waals surface area contributed by atoms with E-state index in [0.29, 0.717) is 0 Å². The van der Waals surface area contributed by atoms with E-state index in [1.54, 1.807) is 0 Å². The second-order valence-corrected chi connectivity index (χ2v) is 7.17. The van der Waals surface area contributed by atoms with Crippen molar-refractivity contribution in [3.63, 3.8) is 0 Å². The van der Waals surface area contributed by atoms with E-state index in [4.69, 9.17) is 11.1 Å². The summed E-state index contributed by atoms with van der Waals surface area (Å²) in [6, 6.07) is 19.3. The molecule has 1 fully saturated rings. The molecule has 25 heavy (non-hydrogen) atoms. The van der Waals surface area contributed by atoms with E-state index >= 15 is 0 Å². The first-order chi connectivity index (χ1) is 12.2. The Hall–Kier alpha value is -2.81. The van der Waals surface area contributed by atoms with Crippen LogP contribution in [0.3, 0.4) is 0 Å². The highest BCUT2D eigenvalue weighted by Gasteiger charge is 2.24. The Labute approximate surface area is 147 Å². The average Bonchev–Trinajstić information content (AvgIpc) is 3.39. The van der Waals surface area contributed by atoms with Crippen molar-refractivity contribution >= 4 is 28.1 Å². The number of nitrogens with one attached hydrogen (secondary N) is 1. The van der Waals surface area contributed by atoms with Crippen LogP contribution in [-0.2, 0) is 12.8 Å². The molecule has 0 amide bonds. The molecule has 0 unspecified atom stereocenters. The van der Waals surface area contributed by atoms with Gasteiger partial charge >= 0.3 is 0 Å². The van der Waals surface area contributed by atoms with Crippen LogP contribution in [0.2, 0.25) is 0 Å². The maximum absolute atomic E-state index is 8.18. The van der Waals surface area contributed by atoms with Crippen molar-refractivity contribution in [2.45, 2.75) is 31.6 Å². The summed E-state index contributed by atoms with van der Waals surface area (Å²) in [6.45, 7) is 0. The summed E-state index contributed by atoms with van der Waals surface area (Å²) < 4.78 is 0. The summed E-state index contributed by atoms with van der Waals surface area (Å²) in [6.07, 6.45) is 4.80. The van der Waals surface area contributed by atoms with Crippen molar-refractivity contribution in [2.24, 2.45) is 5.73 Å². The summed E-state index contributed by atoms with van der Waals surface area (Å²) in [4.78, 5) is 1.86. The van der Waals surface area contributed by atoms with Gasteiger partial charge in [0.1, 0.15) is 0 Å². The van der Waals surface area contributed by atoms with E-state index in [1.807, 2.05) is 4.90 Å². The Morgan fingerprint density at radius 1 is 0.920 bits per heavy atom. The molecule has 3 heteroatoms. The van der Waals surface area contributed by atoms with Gasteiger partial charge in [0, 0.05) is 11.1 Å². The third kappa shape index (κ3) is 2.30. The lowest BCUT2D eigenvalue weighted by molar-refractivity contribution is 1.02. The average molecular weight is 327 g/mol. The lowest BCUT2D eigenvalue weighted by Crippen LogP contribution is -2.32. The number of anilines is 2. The Morgan fingerprint density at radius 3 is 2.32 bits per heavy atom. The van der Waals surface area contributed by atoms with Crippen LogP contribution in [0.25, 0.3) is 10.8 Å². The first-order valence-corrected chi connectivity index (χ1v) is 9.00. The van der Waals surface area contributed by atoms with Gasteiger partial charge in [-0.3, -0.25) is 10.3 Å². The summed E-state index contributed by atoms with van der Waals surface area (Å²) in [5, 5.41) is 10.7. The fourth-order valence-electron chi connectivity index (χ4n) is 4.15. The van der Waals surface area contributed by atoms with Gasteiger partial charge in [-0.05, 0) is 71.9 Å². The highest BCUT2D eigenvalue weighted by atomic mass is 15.2. The lowest BCUT2D eigenvalue weighted by atomic mass is 10.0. The lowest BCUT2D eigenvalue weighted by Gasteiger charge is -2.25. The van der Waals surface area contributed by atoms with Crippen LogP contribution < -0.4 is 10.6 Å². The number of nitrogens with zero attached hydrogens (tertiary/aromatic N) is 1. The van der Waals surface area contributed by atoms with Gasteiger partial charge in [-0.15, -0.1) is 0 Å². The highest BCUT2D eigenvalue weighted by molar-refractivity contribution is 6.09. The van der Waals surface area contributed by atoms with Gasteiger partial charge in [0.05, 0.1) is 5.69 Å². The van der Waals surface area contributed by atoms with Crippen LogP contribution in [0.15, 0.2) is 54.6 Å². The molecule has 0 heterocycles. The van der Waals surface area contributed by atoms with Crippen LogP contribution in [0, 0.1) is 5.41 Å². The van der Waals surface area contributed by atoms with Gasteiger partial charge in [0.25, 0.3) is 0 Å². The van der Waals surface area contributed by atoms with Gasteiger partial charge in [-0.25, -0.2) is 0 Å². The van der Waals surface area contributed by atoms with Gasteiger partial charge in [-0.2, -0.15) is 0 Å². The second-order valence-electron chi connectivity index (χ2n) is 7.17. The molecule has 3 aromatic carbocycles. The largest absolute Gasteiger partial charge is 0.369 e. The van der Waals surface area contributed by atoms with Crippen molar-refractivity contribution in [2.75, 3.05) is 4.90 Å². The quantitative estimate of drug-likeness (QED) is 0.534. The predicted octanol–water partition coefficient (Wildman–Crippen LogP) is 4.85. The Morgan fingerprint density at radius 2 is 1.64 bits per heavy atom. The molecular weight excluding hydrogens is 306 g/mol. The molecule has 124 valence electrons. The fraction of sp³-hybridized carbons (Fsp3) is 0.227. The molecule has 0 atom stereocenters. The Bertz CT molecular complexity index is 974. The number of rotatable bonds is 3. The number of nitrogens with two attached hydrogens (primary N) is 1. The molecule has 3 nitrogen and oxygen atoms in total. The third-order valence-electron chi connectivity index (χ3n) is 5.54. The van der Waals surface area contributed by atoms with Crippen LogP contribution in [0.1, 0.15) is 35.4 Å². The van der Waals surface area contributed by atoms with E-state index in [1.165, 1.54) is 40.3 Å². The van der Waals surface area contributed by atoms with Crippen LogP contribution in [0.5, 0.6) is 0 Å². The van der Waals surface area contributed by atoms with Gasteiger partial charge in [-0.1, -0.05) is 36.4 Å². The number of hydrogen-bond acceptors (Lipinski definition) is 1. The smallest absolute Gasteiger partial charge is 0.197 e. The second kappa shape index (κ2) is 5.35. The van der Waals surface area contributed by atoms with E-state index in [2.05, 4.69) is 54.6 Å². The van der Waals surface area contributed by atoms with Crippen LogP contribution >= 0.6 is 0 Å². The van der Waals surface area contributed by atoms with Gasteiger partial charge in [0.15, 0.2) is 5.96 Å². The molecule has 0 spiro atoms. The van der Waals surface area contributed by atoms with Crippen molar-refractivity contribution in [3.8, 4) is 0 Å². The molecule has 3 aromatic rings. The summed E-state index contributed by atoms with van der Waals surface area (Å²) >= 11 is 0. The maximum atomic E-state index is 8.18. The molecule has 0 bridgehead atoms. The zero-order valence-electron chi connectivity index (χ0n) is 14.1. The molecule has 3 N–H and O–H groups in total.